The van der Waals surface area contributed by atoms with Crippen molar-refractivity contribution in [2.24, 2.45) is 0 Å². The Hall–Kier alpha value is -2.40. The predicted octanol–water partition coefficient (Wildman–Crippen LogP) is 4.49. The zero-order chi connectivity index (χ0) is 20.1. The van der Waals surface area contributed by atoms with Crippen LogP contribution in [-0.2, 0) is 6.18 Å². The summed E-state index contributed by atoms with van der Waals surface area (Å²) in [6.45, 7) is 1.03. The van der Waals surface area contributed by atoms with Crippen molar-refractivity contribution in [1.82, 2.24) is 15.3 Å². The summed E-state index contributed by atoms with van der Waals surface area (Å²) in [6, 6.07) is 2.50. The van der Waals surface area contributed by atoms with Crippen LogP contribution in [0.5, 0.6) is 5.75 Å². The van der Waals surface area contributed by atoms with Gasteiger partial charge in [-0.25, -0.2) is 9.97 Å². The summed E-state index contributed by atoms with van der Waals surface area (Å²) in [5.74, 6) is -0.553. The smallest absolute Gasteiger partial charge is 0.425 e. The third-order valence-electron chi connectivity index (χ3n) is 3.87. The Balaban J connectivity index is 1.36. The Morgan fingerprint density at radius 3 is 2.71 bits per heavy atom. The maximum absolute atomic E-state index is 12.6. The second kappa shape index (κ2) is 8.74. The Labute approximate surface area is 166 Å². The lowest BCUT2D eigenvalue weighted by Gasteiger charge is -2.07. The number of unbranched alkanes of at least 4 members (excludes halogenated alkanes) is 2. The first-order valence-electron chi connectivity index (χ1n) is 8.46. The van der Waals surface area contributed by atoms with E-state index in [1.165, 1.54) is 6.33 Å². The van der Waals surface area contributed by atoms with Crippen molar-refractivity contribution in [3.63, 3.8) is 0 Å². The number of anilines is 1. The van der Waals surface area contributed by atoms with E-state index >= 15 is 0 Å². The average Bonchev–Trinajstić information content (AvgIpc) is 3.27. The van der Waals surface area contributed by atoms with Crippen molar-refractivity contribution >= 4 is 44.6 Å². The lowest BCUT2D eigenvalue weighted by Crippen LogP contribution is -2.23. The summed E-state index contributed by atoms with van der Waals surface area (Å²) in [7, 11) is 0. The largest absolute Gasteiger partial charge is 0.506 e. The highest BCUT2D eigenvalue weighted by atomic mass is 32.1. The van der Waals surface area contributed by atoms with Gasteiger partial charge in [-0.3, -0.25) is 4.79 Å². The molecule has 3 aromatic heterocycles. The number of rotatable bonds is 8. The van der Waals surface area contributed by atoms with Crippen molar-refractivity contribution in [3.8, 4) is 5.75 Å². The van der Waals surface area contributed by atoms with Crippen LogP contribution in [0.2, 0.25) is 0 Å². The molecule has 150 valence electrons. The zero-order valence-electron chi connectivity index (χ0n) is 14.5. The maximum Gasteiger partial charge on any atom is 0.425 e. The molecule has 0 fully saturated rings. The monoisotopic (exact) mass is 430 g/mol. The van der Waals surface area contributed by atoms with Gasteiger partial charge in [0.25, 0.3) is 5.91 Å². The number of alkyl halides is 3. The number of thiophene rings is 2. The lowest BCUT2D eigenvalue weighted by molar-refractivity contribution is -0.134. The quantitative estimate of drug-likeness (QED) is 0.459. The zero-order valence-corrected chi connectivity index (χ0v) is 16.2. The predicted molar refractivity (Wildman–Crippen MR) is 103 cm³/mol. The van der Waals surface area contributed by atoms with Crippen LogP contribution >= 0.6 is 22.7 Å². The van der Waals surface area contributed by atoms with Gasteiger partial charge in [-0.1, -0.05) is 0 Å². The molecule has 0 aliphatic rings. The van der Waals surface area contributed by atoms with E-state index in [1.54, 1.807) is 11.3 Å². The number of hydrogen-bond acceptors (Lipinski definition) is 7. The van der Waals surface area contributed by atoms with Crippen molar-refractivity contribution in [2.75, 3.05) is 18.4 Å². The minimum atomic E-state index is -4.58. The van der Waals surface area contributed by atoms with Crippen LogP contribution in [0, 0.1) is 0 Å². The molecule has 0 radical (unpaired) electrons. The molecular formula is C17H17F3N4O2S2. The summed E-state index contributed by atoms with van der Waals surface area (Å²) in [5.41, 5.74) is 0.899. The van der Waals surface area contributed by atoms with Gasteiger partial charge in [0, 0.05) is 19.2 Å². The second-order valence-electron chi connectivity index (χ2n) is 5.92. The van der Waals surface area contributed by atoms with Gasteiger partial charge in [0.1, 0.15) is 27.6 Å². The fourth-order valence-corrected chi connectivity index (χ4v) is 4.16. The third-order valence-corrected chi connectivity index (χ3v) is 5.95. The molecule has 0 saturated carbocycles. The second-order valence-corrected chi connectivity index (χ2v) is 7.89. The molecule has 0 aliphatic carbocycles. The third kappa shape index (κ3) is 4.90. The fourth-order valence-electron chi connectivity index (χ4n) is 2.51. The minimum absolute atomic E-state index is 0.238. The number of aromatic hydroxyl groups is 1. The molecule has 3 heterocycles. The molecule has 0 saturated heterocycles. The van der Waals surface area contributed by atoms with Crippen LogP contribution in [0.1, 0.15) is 33.8 Å². The number of carbonyl (C=O) groups excluding carboxylic acids is 1. The number of carbonyl (C=O) groups is 1. The molecular weight excluding hydrogens is 413 g/mol. The van der Waals surface area contributed by atoms with E-state index in [0.717, 1.165) is 28.9 Å². The molecule has 0 unspecified atom stereocenters. The molecule has 0 bridgehead atoms. The standard InChI is InChI=1S/C17H17F3N4O2S2/c18-17(19,20)12-8-11(25)14(28-12)16(26)22-6-3-1-2-5-21-15-13-10(4-7-27-13)23-9-24-15/h4,7-9,25H,1-3,5-6H2,(H,22,26)(H,21,23,24). The first-order valence-corrected chi connectivity index (χ1v) is 10.2. The van der Waals surface area contributed by atoms with E-state index in [2.05, 4.69) is 20.6 Å². The van der Waals surface area contributed by atoms with E-state index in [9.17, 15) is 23.1 Å². The van der Waals surface area contributed by atoms with Gasteiger partial charge in [0.05, 0.1) is 10.2 Å². The number of nitrogens with one attached hydrogen (secondary N) is 2. The van der Waals surface area contributed by atoms with E-state index in [4.69, 9.17) is 0 Å². The van der Waals surface area contributed by atoms with Crippen LogP contribution in [-0.4, -0.2) is 34.1 Å². The molecule has 11 heteroatoms. The molecule has 3 N–H and O–H groups in total. The molecule has 28 heavy (non-hydrogen) atoms. The van der Waals surface area contributed by atoms with Gasteiger partial charge in [-0.2, -0.15) is 13.2 Å². The number of halogens is 3. The molecule has 0 aromatic carbocycles. The summed E-state index contributed by atoms with van der Waals surface area (Å²) >= 11 is 1.80. The van der Waals surface area contributed by atoms with Crippen molar-refractivity contribution < 1.29 is 23.1 Å². The van der Waals surface area contributed by atoms with Crippen LogP contribution in [0.3, 0.4) is 0 Å². The Kier molecular flexibility index (Phi) is 6.35. The van der Waals surface area contributed by atoms with Crippen molar-refractivity contribution in [3.05, 3.63) is 33.6 Å². The van der Waals surface area contributed by atoms with Gasteiger partial charge < -0.3 is 15.7 Å². The Bertz CT molecular complexity index is 955. The topological polar surface area (TPSA) is 87.1 Å². The molecule has 0 atom stereocenters. The summed E-state index contributed by atoms with van der Waals surface area (Å²) in [5, 5.41) is 17.3. The van der Waals surface area contributed by atoms with Crippen molar-refractivity contribution in [1.29, 1.82) is 0 Å². The number of fused-ring (bicyclic) bond motifs is 1. The number of nitrogens with zero attached hydrogens (tertiary/aromatic N) is 2. The van der Waals surface area contributed by atoms with Gasteiger partial charge in [-0.15, -0.1) is 22.7 Å². The number of amides is 1. The van der Waals surface area contributed by atoms with Crippen LogP contribution in [0.15, 0.2) is 23.8 Å². The van der Waals surface area contributed by atoms with E-state index < -0.39 is 22.7 Å². The van der Waals surface area contributed by atoms with Crippen LogP contribution < -0.4 is 10.6 Å². The summed E-state index contributed by atoms with van der Waals surface area (Å²) in [6.07, 6.45) is -0.738. The Morgan fingerprint density at radius 2 is 1.96 bits per heavy atom. The molecule has 3 aromatic rings. The number of hydrogen-bond donors (Lipinski definition) is 3. The highest BCUT2D eigenvalue weighted by Crippen LogP contribution is 2.39. The first kappa shape index (κ1) is 20.3. The highest BCUT2D eigenvalue weighted by Gasteiger charge is 2.35. The normalized spacial score (nSPS) is 11.7. The maximum atomic E-state index is 12.6. The van der Waals surface area contributed by atoms with Crippen LogP contribution in [0.4, 0.5) is 19.0 Å². The van der Waals surface area contributed by atoms with Gasteiger partial charge in [0.15, 0.2) is 0 Å². The minimum Gasteiger partial charge on any atom is -0.506 e. The molecule has 0 spiro atoms. The summed E-state index contributed by atoms with van der Waals surface area (Å²) < 4.78 is 38.8. The SMILES string of the molecule is O=C(NCCCCCNc1ncnc2ccsc12)c1sc(C(F)(F)F)cc1O. The van der Waals surface area contributed by atoms with E-state index in [0.29, 0.717) is 25.6 Å². The fraction of sp³-hybridized carbons (Fsp3) is 0.353. The highest BCUT2D eigenvalue weighted by molar-refractivity contribution is 7.17. The van der Waals surface area contributed by atoms with Gasteiger partial charge in [-0.05, 0) is 30.7 Å². The molecule has 3 rings (SSSR count). The Morgan fingerprint density at radius 1 is 1.18 bits per heavy atom. The van der Waals surface area contributed by atoms with E-state index in [1.807, 2.05) is 11.4 Å². The molecule has 1 amide bonds. The van der Waals surface area contributed by atoms with Crippen molar-refractivity contribution in [2.45, 2.75) is 25.4 Å². The summed E-state index contributed by atoms with van der Waals surface area (Å²) in [4.78, 5) is 19.0. The lowest BCUT2D eigenvalue weighted by atomic mass is 10.2. The first-order chi connectivity index (χ1) is 13.4. The van der Waals surface area contributed by atoms with Crippen LogP contribution in [0.25, 0.3) is 10.2 Å². The van der Waals surface area contributed by atoms with Gasteiger partial charge >= 0.3 is 6.18 Å². The molecule has 0 aliphatic heterocycles. The van der Waals surface area contributed by atoms with E-state index in [-0.39, 0.29) is 16.2 Å². The average molecular weight is 430 g/mol. The molecule has 6 nitrogen and oxygen atoms in total. The number of aromatic nitrogens is 2. The van der Waals surface area contributed by atoms with Gasteiger partial charge in [0.2, 0.25) is 0 Å².